The number of carbonyl (C=O) groups is 1. The number of aliphatic carboxylic acids is 1. The molecule has 0 spiro atoms. The largest absolute Gasteiger partial charge is 0.549 e. The van der Waals surface area contributed by atoms with Gasteiger partial charge in [0.2, 0.25) is 0 Å². The summed E-state index contributed by atoms with van der Waals surface area (Å²) >= 11 is 2.47. The van der Waals surface area contributed by atoms with Crippen molar-refractivity contribution < 1.29 is 14.6 Å². The van der Waals surface area contributed by atoms with Crippen LogP contribution in [-0.2, 0) is 22.6 Å². The molecule has 1 aliphatic rings. The molecule has 1 aromatic carbocycles. The number of nitrogens with zero attached hydrogens (tertiary/aromatic N) is 2. The Labute approximate surface area is 176 Å². The normalized spacial score (nSPS) is 16.6. The highest BCUT2D eigenvalue weighted by Gasteiger charge is 2.31. The van der Waals surface area contributed by atoms with Gasteiger partial charge in [0.25, 0.3) is 5.56 Å². The molecule has 0 bridgehead atoms. The van der Waals surface area contributed by atoms with Gasteiger partial charge in [0, 0.05) is 16.5 Å². The number of hydrogen-bond donors (Lipinski definition) is 0. The van der Waals surface area contributed by atoms with Gasteiger partial charge in [0.1, 0.15) is 4.83 Å². The minimum Gasteiger partial charge on any atom is -0.549 e. The highest BCUT2D eigenvalue weighted by atomic mass is 32.2. The van der Waals surface area contributed by atoms with Crippen molar-refractivity contribution in [1.29, 1.82) is 0 Å². The highest BCUT2D eigenvalue weighted by Crippen LogP contribution is 2.38. The summed E-state index contributed by atoms with van der Waals surface area (Å²) in [5.74, 6) is -1.19. The van der Waals surface area contributed by atoms with Gasteiger partial charge in [-0.25, -0.2) is 4.98 Å². The summed E-state index contributed by atoms with van der Waals surface area (Å²) in [6.07, 6.45) is 0.634. The van der Waals surface area contributed by atoms with E-state index in [-0.39, 0.29) is 11.2 Å². The van der Waals surface area contributed by atoms with Crippen LogP contribution in [0.5, 0.6) is 0 Å². The van der Waals surface area contributed by atoms with E-state index in [9.17, 15) is 14.7 Å². The zero-order valence-corrected chi connectivity index (χ0v) is 18.3. The second-order valence-corrected chi connectivity index (χ2v) is 10.2. The Morgan fingerprint density at radius 1 is 1.38 bits per heavy atom. The van der Waals surface area contributed by atoms with Crippen LogP contribution in [-0.4, -0.2) is 26.4 Å². The average Bonchev–Trinajstić information content (AvgIpc) is 2.99. The summed E-state index contributed by atoms with van der Waals surface area (Å²) < 4.78 is 7.44. The fourth-order valence-corrected chi connectivity index (χ4v) is 5.48. The minimum absolute atomic E-state index is 0.174. The first-order chi connectivity index (χ1) is 13.7. The van der Waals surface area contributed by atoms with Gasteiger partial charge in [-0.3, -0.25) is 9.36 Å². The molecule has 0 unspecified atom stereocenters. The molecule has 29 heavy (non-hydrogen) atoms. The Hall–Kier alpha value is -2.16. The molecule has 152 valence electrons. The third kappa shape index (κ3) is 3.60. The van der Waals surface area contributed by atoms with Gasteiger partial charge >= 0.3 is 0 Å². The first kappa shape index (κ1) is 20.1. The summed E-state index contributed by atoms with van der Waals surface area (Å²) in [7, 11) is 0. The van der Waals surface area contributed by atoms with Gasteiger partial charge in [-0.05, 0) is 44.9 Å². The van der Waals surface area contributed by atoms with Crippen LogP contribution in [0.4, 0.5) is 0 Å². The molecule has 8 heteroatoms. The van der Waals surface area contributed by atoms with Crippen LogP contribution in [0.1, 0.15) is 36.8 Å². The average molecular weight is 430 g/mol. The van der Waals surface area contributed by atoms with E-state index < -0.39 is 11.2 Å². The summed E-state index contributed by atoms with van der Waals surface area (Å²) in [5, 5.41) is 11.5. The van der Waals surface area contributed by atoms with Gasteiger partial charge in [-0.15, -0.1) is 11.3 Å². The Balaban J connectivity index is 2.02. The fraction of sp³-hybridized carbons (Fsp3) is 0.381. The second-order valence-electron chi connectivity index (χ2n) is 7.81. The maximum absolute atomic E-state index is 13.7. The van der Waals surface area contributed by atoms with Crippen LogP contribution in [0.3, 0.4) is 0 Å². The molecule has 0 radical (unpaired) electrons. The highest BCUT2D eigenvalue weighted by molar-refractivity contribution is 8.00. The van der Waals surface area contributed by atoms with Crippen molar-refractivity contribution in [2.24, 2.45) is 0 Å². The van der Waals surface area contributed by atoms with Gasteiger partial charge in [-0.2, -0.15) is 0 Å². The van der Waals surface area contributed by atoms with Crippen LogP contribution in [0, 0.1) is 6.92 Å². The number of thiophene rings is 1. The molecule has 2 aromatic heterocycles. The maximum Gasteiger partial charge on any atom is 0.267 e. The number of carboxylic acid groups (broad SMARTS) is 1. The first-order valence-corrected chi connectivity index (χ1v) is 11.0. The predicted molar refractivity (Wildman–Crippen MR) is 113 cm³/mol. The van der Waals surface area contributed by atoms with E-state index in [1.807, 2.05) is 45.0 Å². The Morgan fingerprint density at radius 2 is 2.10 bits per heavy atom. The Morgan fingerprint density at radius 3 is 2.79 bits per heavy atom. The van der Waals surface area contributed by atoms with E-state index in [0.29, 0.717) is 34.1 Å². The van der Waals surface area contributed by atoms with E-state index >= 15 is 0 Å². The Bertz CT molecular complexity index is 1180. The van der Waals surface area contributed by atoms with E-state index in [2.05, 4.69) is 0 Å². The minimum atomic E-state index is -1.19. The number of aromatic nitrogens is 2. The third-order valence-corrected chi connectivity index (χ3v) is 7.17. The van der Waals surface area contributed by atoms with Crippen molar-refractivity contribution in [3.05, 3.63) is 50.6 Å². The van der Waals surface area contributed by atoms with Gasteiger partial charge in [0.05, 0.1) is 29.3 Å². The molecule has 1 aliphatic heterocycles. The molecule has 0 N–H and O–H groups in total. The SMILES string of the molecule is Cc1ccccc1-n1c(S[C@H](C)C(=O)[O-])nc2sc3c(c2c1=O)CC(C)(C)OC3. The number of para-hydroxylation sites is 1. The lowest BCUT2D eigenvalue weighted by molar-refractivity contribution is -0.304. The molecule has 0 saturated carbocycles. The standard InChI is InChI=1S/C21H22N2O4S2/c1-11-7-5-6-8-14(11)23-18(24)16-13-9-21(3,4)27-10-15(13)29-17(16)22-20(23)28-12(2)19(25)26/h5-8,12H,9-10H2,1-4H3,(H,25,26)/p-1/t12-/m1/s1. The van der Waals surface area contributed by atoms with Crippen LogP contribution < -0.4 is 10.7 Å². The lowest BCUT2D eigenvalue weighted by atomic mass is 9.94. The van der Waals surface area contributed by atoms with E-state index in [4.69, 9.17) is 9.72 Å². The van der Waals surface area contributed by atoms with E-state index in [1.54, 1.807) is 0 Å². The van der Waals surface area contributed by atoms with E-state index in [0.717, 1.165) is 27.8 Å². The fourth-order valence-electron chi connectivity index (χ4n) is 3.49. The van der Waals surface area contributed by atoms with Crippen molar-refractivity contribution in [2.45, 2.75) is 56.7 Å². The molecule has 0 saturated heterocycles. The van der Waals surface area contributed by atoms with Crippen molar-refractivity contribution in [1.82, 2.24) is 9.55 Å². The van der Waals surface area contributed by atoms with Crippen molar-refractivity contribution >= 4 is 39.3 Å². The summed E-state index contributed by atoms with van der Waals surface area (Å²) in [5.41, 5.74) is 2.08. The number of carbonyl (C=O) groups excluding carboxylic acids is 1. The molecular formula is C21H21N2O4S2-. The number of rotatable bonds is 4. The summed E-state index contributed by atoms with van der Waals surface area (Å²) in [4.78, 5) is 31.4. The molecule has 1 atom stereocenters. The quantitative estimate of drug-likeness (QED) is 0.468. The van der Waals surface area contributed by atoms with Gasteiger partial charge < -0.3 is 14.6 Å². The topological polar surface area (TPSA) is 84.3 Å². The number of aryl methyl sites for hydroxylation is 1. The van der Waals surface area contributed by atoms with Crippen molar-refractivity contribution in [2.75, 3.05) is 0 Å². The zero-order valence-electron chi connectivity index (χ0n) is 16.6. The summed E-state index contributed by atoms with van der Waals surface area (Å²) in [6.45, 7) is 7.93. The number of hydrogen-bond acceptors (Lipinski definition) is 7. The van der Waals surface area contributed by atoms with Crippen LogP contribution >= 0.6 is 23.1 Å². The molecule has 0 aliphatic carbocycles. The Kier molecular flexibility index (Phi) is 5.04. The van der Waals surface area contributed by atoms with Gasteiger partial charge in [-0.1, -0.05) is 30.0 Å². The molecule has 4 rings (SSSR count). The van der Waals surface area contributed by atoms with Crippen molar-refractivity contribution in [3.63, 3.8) is 0 Å². The number of thioether (sulfide) groups is 1. The molecular weight excluding hydrogens is 408 g/mol. The number of ether oxygens (including phenoxy) is 1. The van der Waals surface area contributed by atoms with Crippen LogP contribution in [0.15, 0.2) is 34.2 Å². The second kappa shape index (κ2) is 7.27. The number of carboxylic acids is 1. The number of benzene rings is 1. The predicted octanol–water partition coefficient (Wildman–Crippen LogP) is 2.84. The van der Waals surface area contributed by atoms with E-state index in [1.165, 1.54) is 22.8 Å². The van der Waals surface area contributed by atoms with Crippen LogP contribution in [0.2, 0.25) is 0 Å². The summed E-state index contributed by atoms with van der Waals surface area (Å²) in [6, 6.07) is 7.53. The molecule has 6 nitrogen and oxygen atoms in total. The zero-order chi connectivity index (χ0) is 20.9. The molecule has 0 amide bonds. The molecule has 0 fully saturated rings. The third-order valence-electron chi connectivity index (χ3n) is 5.04. The lowest BCUT2D eigenvalue weighted by Crippen LogP contribution is -2.33. The molecule has 3 heterocycles. The molecule has 3 aromatic rings. The van der Waals surface area contributed by atoms with Crippen molar-refractivity contribution in [3.8, 4) is 5.69 Å². The lowest BCUT2D eigenvalue weighted by Gasteiger charge is -2.30. The number of fused-ring (bicyclic) bond motifs is 3. The first-order valence-electron chi connectivity index (χ1n) is 9.33. The smallest absolute Gasteiger partial charge is 0.267 e. The van der Waals surface area contributed by atoms with Gasteiger partial charge in [0.15, 0.2) is 5.16 Å². The maximum atomic E-state index is 13.7. The van der Waals surface area contributed by atoms with Crippen LogP contribution in [0.25, 0.3) is 15.9 Å². The monoisotopic (exact) mass is 429 g/mol.